The van der Waals surface area contributed by atoms with Crippen LogP contribution in [-0.2, 0) is 6.42 Å². The van der Waals surface area contributed by atoms with Crippen LogP contribution in [0.5, 0.6) is 0 Å². The van der Waals surface area contributed by atoms with E-state index in [9.17, 15) is 0 Å². The van der Waals surface area contributed by atoms with Crippen LogP contribution in [0.4, 0.5) is 0 Å². The fourth-order valence-electron chi connectivity index (χ4n) is 1.48. The molecule has 0 aliphatic heterocycles. The van der Waals surface area contributed by atoms with Gasteiger partial charge in [0.1, 0.15) is 0 Å². The predicted octanol–water partition coefficient (Wildman–Crippen LogP) is 3.95. The summed E-state index contributed by atoms with van der Waals surface area (Å²) in [5.74, 6) is 0.799. The highest BCUT2D eigenvalue weighted by Crippen LogP contribution is 2.11. The van der Waals surface area contributed by atoms with Crippen molar-refractivity contribution in [3.8, 4) is 0 Å². The van der Waals surface area contributed by atoms with Gasteiger partial charge in [-0.1, -0.05) is 30.7 Å². The molecule has 0 fully saturated rings. The van der Waals surface area contributed by atoms with Crippen LogP contribution in [0.1, 0.15) is 30.4 Å². The van der Waals surface area contributed by atoms with E-state index in [1.807, 2.05) is 0 Å². The molecule has 0 unspecified atom stereocenters. The van der Waals surface area contributed by atoms with Crippen molar-refractivity contribution in [2.75, 3.05) is 5.88 Å². The molecule has 0 radical (unpaired) electrons. The van der Waals surface area contributed by atoms with Gasteiger partial charge < -0.3 is 0 Å². The summed E-state index contributed by atoms with van der Waals surface area (Å²) in [6, 6.07) is 8.61. The molecule has 1 aromatic rings. The molecule has 0 aliphatic carbocycles. The minimum absolute atomic E-state index is 0.799. The van der Waals surface area contributed by atoms with Crippen LogP contribution in [0, 0.1) is 6.92 Å². The van der Waals surface area contributed by atoms with Crippen molar-refractivity contribution in [1.82, 2.24) is 0 Å². The van der Waals surface area contributed by atoms with Gasteiger partial charge in [0.25, 0.3) is 0 Å². The molecule has 72 valence electrons. The third-order valence-corrected chi connectivity index (χ3v) is 2.61. The topological polar surface area (TPSA) is 0 Å². The van der Waals surface area contributed by atoms with Gasteiger partial charge in [0.2, 0.25) is 0 Å². The molecule has 0 saturated heterocycles. The van der Waals surface area contributed by atoms with Gasteiger partial charge in [-0.2, -0.15) is 0 Å². The van der Waals surface area contributed by atoms with E-state index in [2.05, 4.69) is 31.2 Å². The first-order valence-electron chi connectivity index (χ1n) is 4.95. The third kappa shape index (κ3) is 3.82. The van der Waals surface area contributed by atoms with E-state index in [1.165, 1.54) is 30.4 Å². The number of hydrogen-bond acceptors (Lipinski definition) is 0. The van der Waals surface area contributed by atoms with Crippen molar-refractivity contribution in [1.29, 1.82) is 0 Å². The lowest BCUT2D eigenvalue weighted by Crippen LogP contribution is -1.89. The van der Waals surface area contributed by atoms with Gasteiger partial charge in [-0.05, 0) is 37.3 Å². The van der Waals surface area contributed by atoms with Crippen molar-refractivity contribution in [2.24, 2.45) is 0 Å². The van der Waals surface area contributed by atoms with Crippen molar-refractivity contribution < 1.29 is 0 Å². The molecule has 0 aliphatic rings. The molecule has 0 N–H and O–H groups in total. The molecule has 0 atom stereocenters. The SMILES string of the molecule is Cc1ccccc1CCCCCCl. The van der Waals surface area contributed by atoms with Crippen molar-refractivity contribution in [2.45, 2.75) is 32.6 Å². The second kappa shape index (κ2) is 6.04. The molecule has 0 bridgehead atoms. The average molecular weight is 197 g/mol. The Morgan fingerprint density at radius 2 is 1.85 bits per heavy atom. The fourth-order valence-corrected chi connectivity index (χ4v) is 1.67. The molecule has 0 amide bonds. The highest BCUT2D eigenvalue weighted by Gasteiger charge is 1.95. The lowest BCUT2D eigenvalue weighted by atomic mass is 10.0. The van der Waals surface area contributed by atoms with E-state index >= 15 is 0 Å². The molecular weight excluding hydrogens is 180 g/mol. The zero-order chi connectivity index (χ0) is 9.52. The Balaban J connectivity index is 2.32. The summed E-state index contributed by atoms with van der Waals surface area (Å²) < 4.78 is 0. The molecule has 0 aromatic heterocycles. The largest absolute Gasteiger partial charge is 0.127 e. The monoisotopic (exact) mass is 196 g/mol. The molecule has 1 heteroatoms. The van der Waals surface area contributed by atoms with Crippen molar-refractivity contribution in [3.05, 3.63) is 35.4 Å². The van der Waals surface area contributed by atoms with E-state index in [-0.39, 0.29) is 0 Å². The lowest BCUT2D eigenvalue weighted by Gasteiger charge is -2.04. The number of hydrogen-bond donors (Lipinski definition) is 0. The van der Waals surface area contributed by atoms with E-state index < -0.39 is 0 Å². The summed E-state index contributed by atoms with van der Waals surface area (Å²) in [5.41, 5.74) is 2.89. The number of benzene rings is 1. The van der Waals surface area contributed by atoms with E-state index in [0.717, 1.165) is 12.3 Å². The quantitative estimate of drug-likeness (QED) is 0.494. The van der Waals surface area contributed by atoms with Crippen LogP contribution in [0.15, 0.2) is 24.3 Å². The number of alkyl halides is 1. The van der Waals surface area contributed by atoms with E-state index in [4.69, 9.17) is 11.6 Å². The Labute approximate surface area is 85.9 Å². The Bertz CT molecular complexity index is 243. The summed E-state index contributed by atoms with van der Waals surface area (Å²) in [7, 11) is 0. The van der Waals surface area contributed by atoms with Crippen LogP contribution in [0.2, 0.25) is 0 Å². The number of rotatable bonds is 5. The maximum absolute atomic E-state index is 5.61. The fraction of sp³-hybridized carbons (Fsp3) is 0.500. The first-order chi connectivity index (χ1) is 6.34. The van der Waals surface area contributed by atoms with Gasteiger partial charge in [-0.25, -0.2) is 0 Å². The first-order valence-corrected chi connectivity index (χ1v) is 5.48. The van der Waals surface area contributed by atoms with Gasteiger partial charge >= 0.3 is 0 Å². The summed E-state index contributed by atoms with van der Waals surface area (Å²) in [5, 5.41) is 0. The molecule has 0 heterocycles. The van der Waals surface area contributed by atoms with Crippen LogP contribution in [0.3, 0.4) is 0 Å². The second-order valence-corrected chi connectivity index (χ2v) is 3.80. The normalized spacial score (nSPS) is 10.3. The van der Waals surface area contributed by atoms with Crippen LogP contribution in [0.25, 0.3) is 0 Å². The molecule has 0 saturated carbocycles. The molecular formula is C12H17Cl. The highest BCUT2D eigenvalue weighted by atomic mass is 35.5. The summed E-state index contributed by atoms with van der Waals surface area (Å²) in [4.78, 5) is 0. The zero-order valence-electron chi connectivity index (χ0n) is 8.22. The maximum Gasteiger partial charge on any atom is 0.0223 e. The van der Waals surface area contributed by atoms with Gasteiger partial charge in [-0.15, -0.1) is 11.6 Å². The second-order valence-electron chi connectivity index (χ2n) is 3.43. The van der Waals surface area contributed by atoms with Crippen LogP contribution >= 0.6 is 11.6 Å². The first kappa shape index (κ1) is 10.6. The molecule has 13 heavy (non-hydrogen) atoms. The van der Waals surface area contributed by atoms with E-state index in [0.29, 0.717) is 0 Å². The summed E-state index contributed by atoms with van der Waals surface area (Å²) >= 11 is 5.61. The Kier molecular flexibility index (Phi) is 4.92. The molecule has 1 aromatic carbocycles. The minimum atomic E-state index is 0.799. The predicted molar refractivity (Wildman–Crippen MR) is 59.5 cm³/mol. The van der Waals surface area contributed by atoms with Crippen molar-refractivity contribution in [3.63, 3.8) is 0 Å². The van der Waals surface area contributed by atoms with Gasteiger partial charge in [-0.3, -0.25) is 0 Å². The minimum Gasteiger partial charge on any atom is -0.127 e. The van der Waals surface area contributed by atoms with Gasteiger partial charge in [0, 0.05) is 5.88 Å². The standard InChI is InChI=1S/C12H17Cl/c1-11-7-4-5-9-12(11)8-3-2-6-10-13/h4-5,7,9H,2-3,6,8,10H2,1H3. The molecule has 0 spiro atoms. The van der Waals surface area contributed by atoms with Crippen molar-refractivity contribution >= 4 is 11.6 Å². The van der Waals surface area contributed by atoms with Gasteiger partial charge in [0.15, 0.2) is 0 Å². The Morgan fingerprint density at radius 3 is 2.54 bits per heavy atom. The number of unbranched alkanes of at least 4 members (excludes halogenated alkanes) is 2. The lowest BCUT2D eigenvalue weighted by molar-refractivity contribution is 0.718. The summed E-state index contributed by atoms with van der Waals surface area (Å²) in [6.07, 6.45) is 4.85. The smallest absolute Gasteiger partial charge is 0.0223 e. The third-order valence-electron chi connectivity index (χ3n) is 2.34. The number of aryl methyl sites for hydroxylation is 2. The van der Waals surface area contributed by atoms with Crippen LogP contribution < -0.4 is 0 Å². The molecule has 1 rings (SSSR count). The van der Waals surface area contributed by atoms with Gasteiger partial charge in [0.05, 0.1) is 0 Å². The highest BCUT2D eigenvalue weighted by molar-refractivity contribution is 6.17. The Hall–Kier alpha value is -0.490. The number of halogens is 1. The van der Waals surface area contributed by atoms with E-state index in [1.54, 1.807) is 0 Å². The average Bonchev–Trinajstić information content (AvgIpc) is 2.15. The zero-order valence-corrected chi connectivity index (χ0v) is 8.98. The Morgan fingerprint density at radius 1 is 1.08 bits per heavy atom. The maximum atomic E-state index is 5.61. The van der Waals surface area contributed by atoms with Crippen LogP contribution in [-0.4, -0.2) is 5.88 Å². The summed E-state index contributed by atoms with van der Waals surface area (Å²) in [6.45, 7) is 2.18. The molecule has 0 nitrogen and oxygen atoms in total.